The summed E-state index contributed by atoms with van der Waals surface area (Å²) in [7, 11) is 0. The van der Waals surface area contributed by atoms with E-state index in [0.717, 1.165) is 27.5 Å². The van der Waals surface area contributed by atoms with Gasteiger partial charge in [-0.25, -0.2) is 0 Å². The van der Waals surface area contributed by atoms with Gasteiger partial charge in [-0.1, -0.05) is 66.7 Å². The van der Waals surface area contributed by atoms with Gasteiger partial charge < -0.3 is 5.73 Å². The highest BCUT2D eigenvalue weighted by molar-refractivity contribution is 6.08. The second kappa shape index (κ2) is 5.90. The molecule has 0 saturated heterocycles. The van der Waals surface area contributed by atoms with Crippen LogP contribution in [0, 0.1) is 0 Å². The summed E-state index contributed by atoms with van der Waals surface area (Å²) in [6, 6.07) is 21.7. The van der Waals surface area contributed by atoms with E-state index in [1.54, 1.807) is 0 Å². The van der Waals surface area contributed by atoms with E-state index >= 15 is 0 Å². The SMILES string of the molecule is NCc1ccccc1CC(=O)c1cccc2ccccc12. The predicted molar refractivity (Wildman–Crippen MR) is 86.3 cm³/mol. The standard InChI is InChI=1S/C19H17NO/c20-13-16-8-2-1-7-15(16)12-19(21)18-11-5-9-14-6-3-4-10-17(14)18/h1-11H,12-13,20H2. The minimum atomic E-state index is 0.132. The molecule has 2 N–H and O–H groups in total. The second-order valence-electron chi connectivity index (χ2n) is 5.10. The summed E-state index contributed by atoms with van der Waals surface area (Å²) in [6.07, 6.45) is 0.390. The quantitative estimate of drug-likeness (QED) is 0.737. The summed E-state index contributed by atoms with van der Waals surface area (Å²) < 4.78 is 0. The van der Waals surface area contributed by atoms with Crippen molar-refractivity contribution in [2.45, 2.75) is 13.0 Å². The largest absolute Gasteiger partial charge is 0.326 e. The van der Waals surface area contributed by atoms with Gasteiger partial charge in [-0.15, -0.1) is 0 Å². The van der Waals surface area contributed by atoms with E-state index in [1.165, 1.54) is 0 Å². The van der Waals surface area contributed by atoms with E-state index in [4.69, 9.17) is 5.73 Å². The molecule has 104 valence electrons. The molecular weight excluding hydrogens is 258 g/mol. The second-order valence-corrected chi connectivity index (χ2v) is 5.10. The van der Waals surface area contributed by atoms with Crippen LogP contribution >= 0.6 is 0 Å². The number of benzene rings is 3. The van der Waals surface area contributed by atoms with E-state index in [0.29, 0.717) is 13.0 Å². The van der Waals surface area contributed by atoms with Crippen LogP contribution in [-0.2, 0) is 13.0 Å². The van der Waals surface area contributed by atoms with Crippen molar-refractivity contribution >= 4 is 16.6 Å². The highest BCUT2D eigenvalue weighted by Crippen LogP contribution is 2.21. The number of ketones is 1. The van der Waals surface area contributed by atoms with Gasteiger partial charge in [0.15, 0.2) is 5.78 Å². The summed E-state index contributed by atoms with van der Waals surface area (Å²) in [6.45, 7) is 0.457. The number of fused-ring (bicyclic) bond motifs is 1. The molecule has 0 amide bonds. The van der Waals surface area contributed by atoms with Crippen LogP contribution in [0.1, 0.15) is 21.5 Å². The Balaban J connectivity index is 1.98. The Labute approximate surface area is 124 Å². The third kappa shape index (κ3) is 2.71. The van der Waals surface area contributed by atoms with Crippen LogP contribution in [0.25, 0.3) is 10.8 Å². The monoisotopic (exact) mass is 275 g/mol. The first kappa shape index (κ1) is 13.5. The lowest BCUT2D eigenvalue weighted by Gasteiger charge is -2.09. The third-order valence-electron chi connectivity index (χ3n) is 3.78. The Morgan fingerprint density at radius 3 is 2.29 bits per heavy atom. The predicted octanol–water partition coefficient (Wildman–Crippen LogP) is 3.72. The molecular formula is C19H17NO. The average Bonchev–Trinajstić information content (AvgIpc) is 2.54. The van der Waals surface area contributed by atoms with Crippen LogP contribution in [0.4, 0.5) is 0 Å². The van der Waals surface area contributed by atoms with Gasteiger partial charge >= 0.3 is 0 Å². The molecule has 21 heavy (non-hydrogen) atoms. The maximum atomic E-state index is 12.7. The molecule has 3 aromatic carbocycles. The van der Waals surface area contributed by atoms with Crippen molar-refractivity contribution in [3.05, 3.63) is 83.4 Å². The Bertz CT molecular complexity index is 787. The molecule has 0 radical (unpaired) electrons. The molecule has 0 unspecified atom stereocenters. The summed E-state index contributed by atoms with van der Waals surface area (Å²) in [5.41, 5.74) is 8.57. The van der Waals surface area contributed by atoms with Crippen molar-refractivity contribution in [3.63, 3.8) is 0 Å². The number of Topliss-reactive ketones (excluding diaryl/α,β-unsaturated/α-hetero) is 1. The lowest BCUT2D eigenvalue weighted by atomic mass is 9.95. The number of rotatable bonds is 4. The van der Waals surface area contributed by atoms with Gasteiger partial charge in [0.1, 0.15) is 0 Å². The van der Waals surface area contributed by atoms with Crippen LogP contribution in [0.2, 0.25) is 0 Å². The molecule has 0 aliphatic heterocycles. The molecule has 3 aromatic rings. The fourth-order valence-corrected chi connectivity index (χ4v) is 2.67. The first-order chi connectivity index (χ1) is 10.3. The Hall–Kier alpha value is -2.45. The fourth-order valence-electron chi connectivity index (χ4n) is 2.67. The van der Waals surface area contributed by atoms with Gasteiger partial charge in [-0.3, -0.25) is 4.79 Å². The molecule has 0 bridgehead atoms. The van der Waals surface area contributed by atoms with Crippen molar-refractivity contribution < 1.29 is 4.79 Å². The summed E-state index contributed by atoms with van der Waals surface area (Å²) in [5.74, 6) is 0.132. The van der Waals surface area contributed by atoms with Gasteiger partial charge in [0.05, 0.1) is 0 Å². The Kier molecular flexibility index (Phi) is 3.80. The topological polar surface area (TPSA) is 43.1 Å². The number of hydrogen-bond acceptors (Lipinski definition) is 2. The van der Waals surface area contributed by atoms with Gasteiger partial charge in [0.25, 0.3) is 0 Å². The summed E-state index contributed by atoms with van der Waals surface area (Å²) in [4.78, 5) is 12.7. The zero-order valence-corrected chi connectivity index (χ0v) is 11.8. The molecule has 2 heteroatoms. The van der Waals surface area contributed by atoms with Crippen molar-refractivity contribution in [3.8, 4) is 0 Å². The zero-order valence-electron chi connectivity index (χ0n) is 11.8. The molecule has 2 nitrogen and oxygen atoms in total. The minimum Gasteiger partial charge on any atom is -0.326 e. The molecule has 0 heterocycles. The zero-order chi connectivity index (χ0) is 14.7. The van der Waals surface area contributed by atoms with E-state index < -0.39 is 0 Å². The number of hydrogen-bond donors (Lipinski definition) is 1. The number of nitrogens with two attached hydrogens (primary N) is 1. The molecule has 3 rings (SSSR count). The van der Waals surface area contributed by atoms with E-state index in [-0.39, 0.29) is 5.78 Å². The van der Waals surface area contributed by atoms with Crippen LogP contribution in [-0.4, -0.2) is 5.78 Å². The molecule has 0 fully saturated rings. The maximum absolute atomic E-state index is 12.7. The molecule has 0 saturated carbocycles. The normalized spacial score (nSPS) is 10.7. The molecule has 0 aromatic heterocycles. The lowest BCUT2D eigenvalue weighted by molar-refractivity contribution is 0.0994. The Morgan fingerprint density at radius 1 is 0.810 bits per heavy atom. The van der Waals surface area contributed by atoms with Crippen LogP contribution in [0.15, 0.2) is 66.7 Å². The smallest absolute Gasteiger partial charge is 0.167 e. The van der Waals surface area contributed by atoms with E-state index in [2.05, 4.69) is 0 Å². The van der Waals surface area contributed by atoms with Crippen LogP contribution in [0.5, 0.6) is 0 Å². The fraction of sp³-hybridized carbons (Fsp3) is 0.105. The number of carbonyl (C=O) groups is 1. The lowest BCUT2D eigenvalue weighted by Crippen LogP contribution is -2.08. The van der Waals surface area contributed by atoms with E-state index in [1.807, 2.05) is 66.7 Å². The van der Waals surface area contributed by atoms with Gasteiger partial charge in [-0.05, 0) is 21.9 Å². The molecule has 0 spiro atoms. The highest BCUT2D eigenvalue weighted by atomic mass is 16.1. The maximum Gasteiger partial charge on any atom is 0.167 e. The van der Waals surface area contributed by atoms with Crippen molar-refractivity contribution in [1.29, 1.82) is 0 Å². The molecule has 0 aliphatic carbocycles. The van der Waals surface area contributed by atoms with Gasteiger partial charge in [-0.2, -0.15) is 0 Å². The van der Waals surface area contributed by atoms with Crippen LogP contribution < -0.4 is 5.73 Å². The van der Waals surface area contributed by atoms with Crippen molar-refractivity contribution in [2.75, 3.05) is 0 Å². The first-order valence-corrected chi connectivity index (χ1v) is 7.07. The Morgan fingerprint density at radius 2 is 1.48 bits per heavy atom. The average molecular weight is 275 g/mol. The van der Waals surface area contributed by atoms with Gasteiger partial charge in [0, 0.05) is 18.5 Å². The van der Waals surface area contributed by atoms with Gasteiger partial charge in [0.2, 0.25) is 0 Å². The highest BCUT2D eigenvalue weighted by Gasteiger charge is 2.12. The van der Waals surface area contributed by atoms with Crippen molar-refractivity contribution in [2.24, 2.45) is 5.73 Å². The van der Waals surface area contributed by atoms with Crippen LogP contribution in [0.3, 0.4) is 0 Å². The van der Waals surface area contributed by atoms with E-state index in [9.17, 15) is 4.79 Å². The molecule has 0 aliphatic rings. The summed E-state index contributed by atoms with van der Waals surface area (Å²) in [5, 5.41) is 2.10. The minimum absolute atomic E-state index is 0.132. The number of carbonyl (C=O) groups excluding carboxylic acids is 1. The molecule has 0 atom stereocenters. The van der Waals surface area contributed by atoms with Crippen molar-refractivity contribution in [1.82, 2.24) is 0 Å². The summed E-state index contributed by atoms with van der Waals surface area (Å²) >= 11 is 0. The first-order valence-electron chi connectivity index (χ1n) is 7.07. The third-order valence-corrected chi connectivity index (χ3v) is 3.78.